The zero-order chi connectivity index (χ0) is 24.9. The van der Waals surface area contributed by atoms with Gasteiger partial charge < -0.3 is 24.7 Å². The summed E-state index contributed by atoms with van der Waals surface area (Å²) in [6.45, 7) is 3.97. The van der Waals surface area contributed by atoms with Gasteiger partial charge in [-0.2, -0.15) is 5.26 Å². The summed E-state index contributed by atoms with van der Waals surface area (Å²) >= 11 is 5.95. The number of fused-ring (bicyclic) bond motifs is 1. The smallest absolute Gasteiger partial charge is 0.349 e. The number of halogens is 1. The van der Waals surface area contributed by atoms with Crippen molar-refractivity contribution in [2.45, 2.75) is 19.8 Å². The number of rotatable bonds is 7. The third kappa shape index (κ3) is 5.34. The molecule has 0 bridgehead atoms. The molecule has 1 aliphatic rings. The average Bonchev–Trinajstić information content (AvgIpc) is 2.83. The van der Waals surface area contributed by atoms with Crippen LogP contribution in [0.3, 0.4) is 0 Å². The van der Waals surface area contributed by atoms with Crippen LogP contribution in [0.2, 0.25) is 5.02 Å². The Labute approximate surface area is 208 Å². The van der Waals surface area contributed by atoms with E-state index in [1.807, 2.05) is 38.1 Å². The van der Waals surface area contributed by atoms with Crippen molar-refractivity contribution in [2.24, 2.45) is 5.73 Å². The van der Waals surface area contributed by atoms with Gasteiger partial charge in [-0.25, -0.2) is 4.79 Å². The minimum Gasteiger partial charge on any atom is -0.494 e. The molecule has 0 spiro atoms. The molecular formula is C27H23ClN2O5. The van der Waals surface area contributed by atoms with Gasteiger partial charge in [0.1, 0.15) is 34.6 Å². The molecule has 0 aromatic heterocycles. The zero-order valence-corrected chi connectivity index (χ0v) is 20.0. The number of benzene rings is 3. The van der Waals surface area contributed by atoms with Crippen LogP contribution in [0, 0.1) is 18.3 Å². The maximum Gasteiger partial charge on any atom is 0.349 e. The molecule has 1 atom stereocenters. The van der Waals surface area contributed by atoms with E-state index < -0.39 is 11.9 Å². The van der Waals surface area contributed by atoms with Gasteiger partial charge in [0.15, 0.2) is 6.61 Å². The minimum atomic E-state index is -0.586. The molecule has 0 saturated carbocycles. The molecule has 0 radical (unpaired) electrons. The highest BCUT2D eigenvalue weighted by Crippen LogP contribution is 2.44. The molecule has 8 heteroatoms. The van der Waals surface area contributed by atoms with Crippen LogP contribution in [0.15, 0.2) is 72.1 Å². The van der Waals surface area contributed by atoms with Gasteiger partial charge in [0.2, 0.25) is 5.88 Å². The lowest BCUT2D eigenvalue weighted by atomic mass is 9.83. The Hall–Kier alpha value is -4.15. The molecule has 1 aliphatic heterocycles. The van der Waals surface area contributed by atoms with Gasteiger partial charge in [0.05, 0.1) is 12.5 Å². The first-order valence-electron chi connectivity index (χ1n) is 10.9. The third-order valence-corrected chi connectivity index (χ3v) is 5.64. The van der Waals surface area contributed by atoms with Crippen molar-refractivity contribution in [2.75, 3.05) is 13.2 Å². The molecule has 178 valence electrons. The Bertz CT molecular complexity index is 1350. The summed E-state index contributed by atoms with van der Waals surface area (Å²) in [6, 6.07) is 19.7. The van der Waals surface area contributed by atoms with E-state index in [1.165, 1.54) is 0 Å². The molecule has 4 rings (SSSR count). The fraction of sp³-hybridized carbons (Fsp3) is 0.185. The van der Waals surface area contributed by atoms with Gasteiger partial charge >= 0.3 is 5.97 Å². The number of nitrogens with two attached hydrogens (primary N) is 1. The van der Waals surface area contributed by atoms with E-state index in [0.29, 0.717) is 34.5 Å². The first-order chi connectivity index (χ1) is 16.9. The van der Waals surface area contributed by atoms with Crippen LogP contribution in [-0.2, 0) is 4.79 Å². The van der Waals surface area contributed by atoms with E-state index >= 15 is 0 Å². The molecule has 1 unspecified atom stereocenters. The number of ether oxygens (including phenoxy) is 4. The molecule has 0 fully saturated rings. The number of esters is 1. The van der Waals surface area contributed by atoms with Gasteiger partial charge in [-0.05, 0) is 61.4 Å². The molecule has 3 aromatic carbocycles. The topological polar surface area (TPSA) is 104 Å². The van der Waals surface area contributed by atoms with Gasteiger partial charge in [0, 0.05) is 16.7 Å². The largest absolute Gasteiger partial charge is 0.494 e. The number of nitrogens with zero attached hydrogens (tertiary/aromatic N) is 1. The highest BCUT2D eigenvalue weighted by Gasteiger charge is 2.31. The van der Waals surface area contributed by atoms with Crippen molar-refractivity contribution in [3.8, 4) is 29.1 Å². The second-order valence-corrected chi connectivity index (χ2v) is 8.24. The summed E-state index contributed by atoms with van der Waals surface area (Å²) in [5.74, 6) is 0.849. The first kappa shape index (κ1) is 24.0. The molecule has 3 aromatic rings. The predicted molar refractivity (Wildman–Crippen MR) is 131 cm³/mol. The first-order valence-corrected chi connectivity index (χ1v) is 11.3. The number of nitriles is 1. The molecule has 35 heavy (non-hydrogen) atoms. The number of allylic oxidation sites excluding steroid dienone is 1. The maximum atomic E-state index is 12.4. The lowest BCUT2D eigenvalue weighted by Gasteiger charge is -2.27. The predicted octanol–water partition coefficient (Wildman–Crippen LogP) is 5.25. The van der Waals surface area contributed by atoms with E-state index in [-0.39, 0.29) is 18.2 Å². The van der Waals surface area contributed by atoms with Crippen LogP contribution in [0.4, 0.5) is 0 Å². The fourth-order valence-electron chi connectivity index (χ4n) is 3.87. The lowest BCUT2D eigenvalue weighted by molar-refractivity contribution is -0.136. The molecule has 0 aliphatic carbocycles. The highest BCUT2D eigenvalue weighted by atomic mass is 35.5. The van der Waals surface area contributed by atoms with E-state index in [9.17, 15) is 10.1 Å². The van der Waals surface area contributed by atoms with Crippen molar-refractivity contribution >= 4 is 17.6 Å². The number of carbonyl (C=O) groups excluding carboxylic acids is 1. The monoisotopic (exact) mass is 490 g/mol. The molecule has 0 amide bonds. The quantitative estimate of drug-likeness (QED) is 0.356. The summed E-state index contributed by atoms with van der Waals surface area (Å²) in [7, 11) is 0. The third-order valence-electron chi connectivity index (χ3n) is 5.41. The minimum absolute atomic E-state index is 0.00293. The average molecular weight is 491 g/mol. The number of hydrogen-bond acceptors (Lipinski definition) is 7. The van der Waals surface area contributed by atoms with Crippen LogP contribution in [0.25, 0.3) is 0 Å². The Kier molecular flexibility index (Phi) is 7.14. The normalized spacial score (nSPS) is 14.4. The Morgan fingerprint density at radius 2 is 1.94 bits per heavy atom. The summed E-state index contributed by atoms with van der Waals surface area (Å²) in [5.41, 5.74) is 8.74. The summed E-state index contributed by atoms with van der Waals surface area (Å²) in [5, 5.41) is 10.3. The van der Waals surface area contributed by atoms with Crippen LogP contribution in [-0.4, -0.2) is 19.2 Å². The van der Waals surface area contributed by atoms with Crippen molar-refractivity contribution in [3.63, 3.8) is 0 Å². The Balaban J connectivity index is 1.55. The second-order valence-electron chi connectivity index (χ2n) is 7.80. The van der Waals surface area contributed by atoms with Crippen LogP contribution in [0.1, 0.15) is 29.5 Å². The molecule has 1 heterocycles. The van der Waals surface area contributed by atoms with E-state index in [4.69, 9.17) is 36.3 Å². The number of aryl methyl sites for hydroxylation is 1. The fourth-order valence-corrected chi connectivity index (χ4v) is 4.09. The van der Waals surface area contributed by atoms with Crippen molar-refractivity contribution < 1.29 is 23.7 Å². The molecule has 2 N–H and O–H groups in total. The molecule has 0 saturated heterocycles. The molecule has 7 nitrogen and oxygen atoms in total. The van der Waals surface area contributed by atoms with Crippen molar-refractivity contribution in [3.05, 3.63) is 93.8 Å². The van der Waals surface area contributed by atoms with Crippen molar-refractivity contribution in [1.82, 2.24) is 0 Å². The van der Waals surface area contributed by atoms with Crippen molar-refractivity contribution in [1.29, 1.82) is 5.26 Å². The Morgan fingerprint density at radius 1 is 1.11 bits per heavy atom. The maximum absolute atomic E-state index is 12.4. The van der Waals surface area contributed by atoms with E-state index in [0.717, 1.165) is 16.7 Å². The van der Waals surface area contributed by atoms with Crippen LogP contribution < -0.4 is 24.7 Å². The SMILES string of the molecule is CCOc1cccc(C2C(C#N)=C(N)Oc3cc(OC(=O)COc4ccc(Cl)cc4C)ccc32)c1. The van der Waals surface area contributed by atoms with Crippen LogP contribution in [0.5, 0.6) is 23.0 Å². The number of hydrogen-bond donors (Lipinski definition) is 1. The standard InChI is InChI=1S/C27H23ClN2O5/c1-3-32-19-6-4-5-17(12-19)26-21-9-8-20(13-24(21)35-27(30)22(26)14-29)34-25(31)15-33-23-10-7-18(28)11-16(23)2/h4-13,26H,3,15,30H2,1-2H3. The van der Waals surface area contributed by atoms with Gasteiger partial charge in [-0.15, -0.1) is 0 Å². The Morgan fingerprint density at radius 3 is 2.69 bits per heavy atom. The number of carbonyl (C=O) groups is 1. The van der Waals surface area contributed by atoms with E-state index in [2.05, 4.69) is 6.07 Å². The van der Waals surface area contributed by atoms with Gasteiger partial charge in [-0.1, -0.05) is 29.8 Å². The summed E-state index contributed by atoms with van der Waals surface area (Å²) < 4.78 is 22.3. The second kappa shape index (κ2) is 10.4. The van der Waals surface area contributed by atoms with Gasteiger partial charge in [0.25, 0.3) is 0 Å². The van der Waals surface area contributed by atoms with Gasteiger partial charge in [-0.3, -0.25) is 0 Å². The highest BCUT2D eigenvalue weighted by molar-refractivity contribution is 6.30. The molecular weight excluding hydrogens is 468 g/mol. The zero-order valence-electron chi connectivity index (χ0n) is 19.2. The summed E-state index contributed by atoms with van der Waals surface area (Å²) in [4.78, 5) is 12.4. The summed E-state index contributed by atoms with van der Waals surface area (Å²) in [6.07, 6.45) is 0. The van der Waals surface area contributed by atoms with Crippen LogP contribution >= 0.6 is 11.6 Å². The van der Waals surface area contributed by atoms with E-state index in [1.54, 1.807) is 36.4 Å². The lowest BCUT2D eigenvalue weighted by Crippen LogP contribution is -2.22.